The number of hydrogen-bond acceptors (Lipinski definition) is 5. The second kappa shape index (κ2) is 5.05. The Morgan fingerprint density at radius 3 is 3.10 bits per heavy atom. The van der Waals surface area contributed by atoms with Crippen LogP contribution >= 0.6 is 0 Å². The molecule has 0 saturated carbocycles. The van der Waals surface area contributed by atoms with Gasteiger partial charge in [0.1, 0.15) is 5.82 Å². The van der Waals surface area contributed by atoms with Crippen molar-refractivity contribution in [3.05, 3.63) is 42.0 Å². The van der Waals surface area contributed by atoms with Gasteiger partial charge in [0.2, 0.25) is 6.79 Å². The maximum Gasteiger partial charge on any atom is 0.231 e. The van der Waals surface area contributed by atoms with Crippen LogP contribution in [0.3, 0.4) is 0 Å². The van der Waals surface area contributed by atoms with Crippen molar-refractivity contribution >= 4 is 0 Å². The lowest BCUT2D eigenvalue weighted by Crippen LogP contribution is -2.36. The summed E-state index contributed by atoms with van der Waals surface area (Å²) in [6.45, 7) is 3.46. The zero-order valence-electron chi connectivity index (χ0n) is 11.6. The molecule has 1 N–H and O–H groups in total. The lowest BCUT2D eigenvalue weighted by molar-refractivity contribution is 0.0961. The number of hydrogen-bond donors (Lipinski definition) is 1. The second-order valence-corrected chi connectivity index (χ2v) is 5.40. The molecule has 1 aromatic carbocycles. The molecule has 1 atom stereocenters. The maximum atomic E-state index is 10.4. The minimum absolute atomic E-state index is 0.254. The Morgan fingerprint density at radius 2 is 2.14 bits per heavy atom. The fourth-order valence-electron chi connectivity index (χ4n) is 2.85. The van der Waals surface area contributed by atoms with Crippen molar-refractivity contribution in [2.45, 2.75) is 19.2 Å². The van der Waals surface area contributed by atoms with Crippen LogP contribution in [0, 0.1) is 0 Å². The molecule has 0 bridgehead atoms. The number of β-amino-alcohol motifs (C(OH)–C–C–N with tert-alkyl or cyclic N) is 1. The molecule has 2 aromatic rings. The van der Waals surface area contributed by atoms with E-state index in [0.717, 1.165) is 36.8 Å². The third-order valence-electron chi connectivity index (χ3n) is 4.04. The Morgan fingerprint density at radius 1 is 1.24 bits per heavy atom. The summed E-state index contributed by atoms with van der Waals surface area (Å²) >= 11 is 0. The molecule has 2 aliphatic heterocycles. The molecule has 0 aliphatic carbocycles. The summed E-state index contributed by atoms with van der Waals surface area (Å²) in [6.07, 6.45) is 3.29. The summed E-state index contributed by atoms with van der Waals surface area (Å²) in [6, 6.07) is 5.60. The van der Waals surface area contributed by atoms with Crippen molar-refractivity contribution < 1.29 is 14.6 Å². The lowest BCUT2D eigenvalue weighted by Gasteiger charge is -2.29. The first kappa shape index (κ1) is 12.7. The molecule has 1 unspecified atom stereocenters. The Kier molecular flexibility index (Phi) is 3.05. The Bertz CT molecular complexity index is 655. The van der Waals surface area contributed by atoms with E-state index in [0.29, 0.717) is 12.3 Å². The molecule has 1 aromatic heterocycles. The molecule has 0 radical (unpaired) electrons. The van der Waals surface area contributed by atoms with Gasteiger partial charge in [-0.1, -0.05) is 6.07 Å². The Balaban J connectivity index is 1.45. The van der Waals surface area contributed by atoms with E-state index in [4.69, 9.17) is 9.47 Å². The summed E-state index contributed by atoms with van der Waals surface area (Å²) in [7, 11) is 0. The number of aliphatic hydroxyl groups is 1. The van der Waals surface area contributed by atoms with Crippen LogP contribution in [0.5, 0.6) is 11.5 Å². The van der Waals surface area contributed by atoms with E-state index in [2.05, 4.69) is 14.5 Å². The molecule has 6 nitrogen and oxygen atoms in total. The Labute approximate surface area is 122 Å². The third kappa shape index (κ3) is 2.36. The largest absolute Gasteiger partial charge is 0.454 e. The molecule has 3 heterocycles. The molecule has 0 amide bonds. The van der Waals surface area contributed by atoms with Gasteiger partial charge in [0, 0.05) is 32.0 Å². The van der Waals surface area contributed by atoms with Gasteiger partial charge >= 0.3 is 0 Å². The average Bonchev–Trinajstić information content (AvgIpc) is 3.14. The fourth-order valence-corrected chi connectivity index (χ4v) is 2.85. The normalized spacial score (nSPS) is 18.5. The van der Waals surface area contributed by atoms with Crippen molar-refractivity contribution in [3.63, 3.8) is 0 Å². The first-order valence-corrected chi connectivity index (χ1v) is 7.09. The van der Waals surface area contributed by atoms with E-state index in [-0.39, 0.29) is 6.79 Å². The van der Waals surface area contributed by atoms with E-state index < -0.39 is 6.10 Å². The van der Waals surface area contributed by atoms with Gasteiger partial charge < -0.3 is 19.1 Å². The molecule has 0 spiro atoms. The highest BCUT2D eigenvalue weighted by atomic mass is 16.7. The van der Waals surface area contributed by atoms with Crippen LogP contribution in [0.4, 0.5) is 0 Å². The molecule has 21 heavy (non-hydrogen) atoms. The lowest BCUT2D eigenvalue weighted by atomic mass is 10.1. The minimum atomic E-state index is -0.541. The predicted octanol–water partition coefficient (Wildman–Crippen LogP) is 1.16. The van der Waals surface area contributed by atoms with Crippen molar-refractivity contribution in [1.82, 2.24) is 14.5 Å². The van der Waals surface area contributed by atoms with E-state index in [1.54, 1.807) is 0 Å². The van der Waals surface area contributed by atoms with Crippen LogP contribution in [-0.2, 0) is 13.1 Å². The summed E-state index contributed by atoms with van der Waals surface area (Å²) in [4.78, 5) is 6.56. The highest BCUT2D eigenvalue weighted by Gasteiger charge is 2.21. The zero-order valence-corrected chi connectivity index (χ0v) is 11.6. The van der Waals surface area contributed by atoms with Crippen LogP contribution in [0.25, 0.3) is 0 Å². The van der Waals surface area contributed by atoms with Crippen molar-refractivity contribution in [2.24, 2.45) is 0 Å². The number of ether oxygens (including phenoxy) is 2. The van der Waals surface area contributed by atoms with Crippen LogP contribution in [-0.4, -0.2) is 39.4 Å². The standard InChI is InChI=1S/C15H17N3O3/c19-12(11-1-2-13-14(7-11)21-10-20-13)8-17-5-6-18-4-3-16-15(18)9-17/h1-4,7,12,19H,5-6,8-10H2. The first-order chi connectivity index (χ1) is 10.3. The summed E-state index contributed by atoms with van der Waals surface area (Å²) in [5, 5.41) is 10.4. The number of nitrogens with zero attached hydrogens (tertiary/aromatic N) is 3. The number of rotatable bonds is 3. The number of aromatic nitrogens is 2. The summed E-state index contributed by atoms with van der Waals surface area (Å²) in [5.41, 5.74) is 0.855. The summed E-state index contributed by atoms with van der Waals surface area (Å²) in [5.74, 6) is 2.51. The number of aliphatic hydroxyl groups excluding tert-OH is 1. The van der Waals surface area contributed by atoms with E-state index in [9.17, 15) is 5.11 Å². The van der Waals surface area contributed by atoms with Gasteiger partial charge in [-0.25, -0.2) is 4.98 Å². The van der Waals surface area contributed by atoms with E-state index >= 15 is 0 Å². The summed E-state index contributed by atoms with van der Waals surface area (Å²) < 4.78 is 12.8. The molecule has 110 valence electrons. The smallest absolute Gasteiger partial charge is 0.231 e. The Hall–Kier alpha value is -2.05. The van der Waals surface area contributed by atoms with Crippen LogP contribution in [0.1, 0.15) is 17.5 Å². The van der Waals surface area contributed by atoms with E-state index in [1.165, 1.54) is 0 Å². The first-order valence-electron chi connectivity index (χ1n) is 7.09. The minimum Gasteiger partial charge on any atom is -0.454 e. The average molecular weight is 287 g/mol. The molecule has 0 saturated heterocycles. The highest BCUT2D eigenvalue weighted by molar-refractivity contribution is 5.45. The monoisotopic (exact) mass is 287 g/mol. The number of imidazole rings is 1. The quantitative estimate of drug-likeness (QED) is 0.918. The van der Waals surface area contributed by atoms with Gasteiger partial charge in [-0.3, -0.25) is 4.90 Å². The van der Waals surface area contributed by atoms with Gasteiger partial charge in [0.25, 0.3) is 0 Å². The third-order valence-corrected chi connectivity index (χ3v) is 4.04. The van der Waals surface area contributed by atoms with Crippen molar-refractivity contribution in [3.8, 4) is 11.5 Å². The van der Waals surface area contributed by atoms with Gasteiger partial charge in [-0.15, -0.1) is 0 Å². The van der Waals surface area contributed by atoms with Gasteiger partial charge in [0.05, 0.1) is 12.6 Å². The van der Waals surface area contributed by atoms with Gasteiger partial charge in [-0.05, 0) is 17.7 Å². The zero-order chi connectivity index (χ0) is 14.2. The van der Waals surface area contributed by atoms with Crippen molar-refractivity contribution in [1.29, 1.82) is 0 Å². The predicted molar refractivity (Wildman–Crippen MR) is 75.0 cm³/mol. The number of fused-ring (bicyclic) bond motifs is 2. The molecule has 4 rings (SSSR count). The molecular formula is C15H17N3O3. The van der Waals surface area contributed by atoms with Crippen molar-refractivity contribution in [2.75, 3.05) is 19.9 Å². The number of benzene rings is 1. The SMILES string of the molecule is OC(CN1CCn2ccnc2C1)c1ccc2c(c1)OCO2. The van der Waals surface area contributed by atoms with Crippen LogP contribution < -0.4 is 9.47 Å². The maximum absolute atomic E-state index is 10.4. The second-order valence-electron chi connectivity index (χ2n) is 5.40. The molecule has 6 heteroatoms. The molecule has 0 fully saturated rings. The van der Waals surface area contributed by atoms with Gasteiger partial charge in [-0.2, -0.15) is 0 Å². The van der Waals surface area contributed by atoms with Crippen LogP contribution in [0.15, 0.2) is 30.6 Å². The fraction of sp³-hybridized carbons (Fsp3) is 0.400. The topological polar surface area (TPSA) is 59.8 Å². The van der Waals surface area contributed by atoms with Gasteiger partial charge in [0.15, 0.2) is 11.5 Å². The molecular weight excluding hydrogens is 270 g/mol. The van der Waals surface area contributed by atoms with Crippen LogP contribution in [0.2, 0.25) is 0 Å². The highest BCUT2D eigenvalue weighted by Crippen LogP contribution is 2.34. The molecule has 2 aliphatic rings. The van der Waals surface area contributed by atoms with E-state index in [1.807, 2.05) is 30.6 Å².